The number of alkyl carbamates (subject to hydrolysis) is 1. The summed E-state index contributed by atoms with van der Waals surface area (Å²) in [5.74, 6) is -0.777. The van der Waals surface area contributed by atoms with Crippen molar-refractivity contribution in [1.29, 1.82) is 0 Å². The van der Waals surface area contributed by atoms with Crippen LogP contribution >= 0.6 is 0 Å². The maximum atomic E-state index is 12.9. The van der Waals surface area contributed by atoms with Gasteiger partial charge in [-0.3, -0.25) is 14.1 Å². The SMILES string of the molecule is CCC[C@@H]1C[C@H]1COC(=O)N[C@@H](CC(C)C)C(=O)N[C@@H](C[C@@H]1CCNC1=O)[C@H](O)S(=O)(=O)O. The first-order chi connectivity index (χ1) is 15.4. The molecule has 2 fully saturated rings. The molecule has 1 heterocycles. The first kappa shape index (κ1) is 27.3. The van der Waals surface area contributed by atoms with Crippen molar-refractivity contribution in [3.8, 4) is 0 Å². The summed E-state index contributed by atoms with van der Waals surface area (Å²) in [6.07, 6.45) is 2.89. The molecule has 33 heavy (non-hydrogen) atoms. The van der Waals surface area contributed by atoms with Crippen LogP contribution in [0.3, 0.4) is 0 Å². The van der Waals surface area contributed by atoms with Gasteiger partial charge in [-0.05, 0) is 43.4 Å². The molecule has 0 spiro atoms. The second-order valence-electron chi connectivity index (χ2n) is 9.50. The maximum absolute atomic E-state index is 12.9. The van der Waals surface area contributed by atoms with Gasteiger partial charge in [0.15, 0.2) is 0 Å². The first-order valence-electron chi connectivity index (χ1n) is 11.6. The molecule has 3 amide bonds. The molecule has 0 radical (unpaired) electrons. The average Bonchev–Trinajstić information content (AvgIpc) is 3.34. The van der Waals surface area contributed by atoms with E-state index in [9.17, 15) is 32.5 Å². The third-order valence-electron chi connectivity index (χ3n) is 6.15. The minimum absolute atomic E-state index is 0.00368. The Balaban J connectivity index is 2.01. The summed E-state index contributed by atoms with van der Waals surface area (Å²) in [5, 5.41) is 17.6. The molecule has 1 aliphatic heterocycles. The number of hydrogen-bond acceptors (Lipinski definition) is 7. The highest BCUT2D eigenvalue weighted by molar-refractivity contribution is 7.86. The van der Waals surface area contributed by atoms with Gasteiger partial charge in [-0.25, -0.2) is 4.79 Å². The van der Waals surface area contributed by atoms with Crippen molar-refractivity contribution in [2.45, 2.75) is 76.8 Å². The standard InChI is InChI=1S/C21H37N3O8S/c1-4-5-13-9-15(13)11-32-21(28)24-16(8-12(2)3)19(26)23-17(20(27)33(29,30)31)10-14-6-7-22-18(14)25/h12-17,20,27H,4-11H2,1-3H3,(H,22,25)(H,23,26)(H,24,28)(H,29,30,31)/t13-,14+,15+,16+,17+,20-/m1/s1. The second kappa shape index (κ2) is 12.0. The van der Waals surface area contributed by atoms with Crippen LogP contribution in [0.2, 0.25) is 0 Å². The van der Waals surface area contributed by atoms with Crippen molar-refractivity contribution < 1.29 is 37.2 Å². The van der Waals surface area contributed by atoms with Gasteiger partial charge in [0.1, 0.15) is 6.04 Å². The fourth-order valence-corrected chi connectivity index (χ4v) is 4.82. The third kappa shape index (κ3) is 8.74. The number of aliphatic hydroxyl groups excluding tert-OH is 1. The normalized spacial score (nSPS) is 25.2. The zero-order valence-corrected chi connectivity index (χ0v) is 20.3. The number of carbonyl (C=O) groups excluding carboxylic acids is 3. The van der Waals surface area contributed by atoms with Crippen molar-refractivity contribution in [2.24, 2.45) is 23.7 Å². The lowest BCUT2D eigenvalue weighted by atomic mass is 9.97. The first-order valence-corrected chi connectivity index (χ1v) is 13.1. The quantitative estimate of drug-likeness (QED) is 0.235. The number of aliphatic hydroxyl groups is 1. The van der Waals surface area contributed by atoms with Gasteiger partial charge < -0.3 is 25.8 Å². The highest BCUT2D eigenvalue weighted by Crippen LogP contribution is 2.42. The van der Waals surface area contributed by atoms with Crippen LogP contribution < -0.4 is 16.0 Å². The van der Waals surface area contributed by atoms with Gasteiger partial charge in [-0.1, -0.05) is 33.6 Å². The van der Waals surface area contributed by atoms with Crippen molar-refractivity contribution in [3.05, 3.63) is 0 Å². The largest absolute Gasteiger partial charge is 0.449 e. The molecule has 1 saturated heterocycles. The van der Waals surface area contributed by atoms with E-state index in [0.29, 0.717) is 24.8 Å². The van der Waals surface area contributed by atoms with Crippen LogP contribution in [0.4, 0.5) is 4.79 Å². The average molecular weight is 492 g/mol. The van der Waals surface area contributed by atoms with E-state index in [4.69, 9.17) is 4.74 Å². The Morgan fingerprint density at radius 3 is 2.48 bits per heavy atom. The molecular formula is C21H37N3O8S. The molecule has 1 aliphatic carbocycles. The van der Waals surface area contributed by atoms with Gasteiger partial charge in [-0.15, -0.1) is 0 Å². The Morgan fingerprint density at radius 2 is 1.94 bits per heavy atom. The van der Waals surface area contributed by atoms with Crippen molar-refractivity contribution in [1.82, 2.24) is 16.0 Å². The Labute approximate surface area is 195 Å². The van der Waals surface area contributed by atoms with Gasteiger partial charge in [-0.2, -0.15) is 8.42 Å². The fourth-order valence-electron chi connectivity index (χ4n) is 4.22. The molecule has 0 aromatic carbocycles. The van der Waals surface area contributed by atoms with Crippen LogP contribution in [0, 0.1) is 23.7 Å². The van der Waals surface area contributed by atoms with E-state index in [1.54, 1.807) is 0 Å². The number of nitrogens with one attached hydrogen (secondary N) is 3. The van der Waals surface area contributed by atoms with Gasteiger partial charge in [0.2, 0.25) is 17.3 Å². The third-order valence-corrected chi connectivity index (χ3v) is 7.09. The molecule has 6 atom stereocenters. The Kier molecular flexibility index (Phi) is 9.92. The number of carbonyl (C=O) groups is 3. The molecular weight excluding hydrogens is 454 g/mol. The van der Waals surface area contributed by atoms with Crippen molar-refractivity contribution in [3.63, 3.8) is 0 Å². The smallest absolute Gasteiger partial charge is 0.407 e. The lowest BCUT2D eigenvalue weighted by Gasteiger charge is -2.27. The molecule has 2 rings (SSSR count). The number of ether oxygens (including phenoxy) is 1. The molecule has 12 heteroatoms. The van der Waals surface area contributed by atoms with Gasteiger partial charge in [0, 0.05) is 12.5 Å². The molecule has 2 aliphatic rings. The summed E-state index contributed by atoms with van der Waals surface area (Å²) >= 11 is 0. The molecule has 5 N–H and O–H groups in total. The lowest BCUT2D eigenvalue weighted by molar-refractivity contribution is -0.126. The summed E-state index contributed by atoms with van der Waals surface area (Å²) in [5.41, 5.74) is -2.31. The second-order valence-corrected chi connectivity index (χ2v) is 11.0. The minimum atomic E-state index is -4.90. The van der Waals surface area contributed by atoms with E-state index >= 15 is 0 Å². The Bertz CT molecular complexity index is 803. The maximum Gasteiger partial charge on any atom is 0.407 e. The molecule has 0 unspecified atom stereocenters. The van der Waals surface area contributed by atoms with Gasteiger partial charge in [0.05, 0.1) is 12.6 Å². The fraction of sp³-hybridized carbons (Fsp3) is 0.857. The van der Waals surface area contributed by atoms with Crippen LogP contribution in [0.1, 0.15) is 59.3 Å². The predicted molar refractivity (Wildman–Crippen MR) is 119 cm³/mol. The van der Waals surface area contributed by atoms with E-state index in [0.717, 1.165) is 19.3 Å². The Morgan fingerprint density at radius 1 is 1.24 bits per heavy atom. The summed E-state index contributed by atoms with van der Waals surface area (Å²) in [6, 6.07) is -2.48. The summed E-state index contributed by atoms with van der Waals surface area (Å²) in [7, 11) is -4.90. The monoisotopic (exact) mass is 491 g/mol. The Hall–Kier alpha value is -1.92. The number of amides is 3. The molecule has 0 aromatic heterocycles. The van der Waals surface area contributed by atoms with Crippen LogP contribution in [-0.2, 0) is 24.4 Å². The summed E-state index contributed by atoms with van der Waals surface area (Å²) in [6.45, 7) is 6.47. The van der Waals surface area contributed by atoms with Crippen LogP contribution in [0.5, 0.6) is 0 Å². The van der Waals surface area contributed by atoms with Gasteiger partial charge in [0.25, 0.3) is 10.1 Å². The van der Waals surface area contributed by atoms with E-state index in [2.05, 4.69) is 22.9 Å². The molecule has 0 aromatic rings. The van der Waals surface area contributed by atoms with E-state index < -0.39 is 45.6 Å². The number of hydrogen-bond donors (Lipinski definition) is 5. The lowest BCUT2D eigenvalue weighted by Crippen LogP contribution is -2.55. The van der Waals surface area contributed by atoms with Crippen LogP contribution in [0.25, 0.3) is 0 Å². The van der Waals surface area contributed by atoms with E-state index in [1.807, 2.05) is 13.8 Å². The summed E-state index contributed by atoms with van der Waals surface area (Å²) in [4.78, 5) is 37.1. The van der Waals surface area contributed by atoms with E-state index in [-0.39, 0.29) is 31.3 Å². The number of rotatable bonds is 13. The molecule has 11 nitrogen and oxygen atoms in total. The molecule has 190 valence electrons. The minimum Gasteiger partial charge on any atom is -0.449 e. The predicted octanol–water partition coefficient (Wildman–Crippen LogP) is 0.781. The van der Waals surface area contributed by atoms with Gasteiger partial charge >= 0.3 is 6.09 Å². The zero-order chi connectivity index (χ0) is 24.8. The highest BCUT2D eigenvalue weighted by Gasteiger charge is 2.39. The molecule has 0 bridgehead atoms. The topological polar surface area (TPSA) is 171 Å². The highest BCUT2D eigenvalue weighted by atomic mass is 32.2. The van der Waals surface area contributed by atoms with E-state index in [1.165, 1.54) is 0 Å². The van der Waals surface area contributed by atoms with Crippen LogP contribution in [0.15, 0.2) is 0 Å². The summed E-state index contributed by atoms with van der Waals surface area (Å²) < 4.78 is 37.6. The van der Waals surface area contributed by atoms with Crippen molar-refractivity contribution in [2.75, 3.05) is 13.2 Å². The van der Waals surface area contributed by atoms with Crippen LogP contribution in [-0.4, -0.2) is 66.7 Å². The molecule has 1 saturated carbocycles. The van der Waals surface area contributed by atoms with Crippen molar-refractivity contribution >= 4 is 28.0 Å². The zero-order valence-electron chi connectivity index (χ0n) is 19.5.